The number of aliphatic imine (C=N–C) groups is 1. The number of nitrogens with two attached hydrogens (primary N) is 1. The van der Waals surface area contributed by atoms with Crippen LogP contribution < -0.4 is 11.1 Å². The number of aromatic nitrogens is 2. The second-order valence-corrected chi connectivity index (χ2v) is 5.66. The number of hydrogen-bond acceptors (Lipinski definition) is 2. The summed E-state index contributed by atoms with van der Waals surface area (Å²) in [7, 11) is 0. The lowest BCUT2D eigenvalue weighted by Gasteiger charge is -2.09. The van der Waals surface area contributed by atoms with Gasteiger partial charge in [0.15, 0.2) is 5.96 Å². The SMILES string of the molecule is CCCCCCNC(N)=NCc1ccccc1Cn1cccn1. The minimum Gasteiger partial charge on any atom is -0.370 e. The molecule has 5 nitrogen and oxygen atoms in total. The molecular weight excluding hydrogens is 286 g/mol. The molecule has 0 saturated heterocycles. The van der Waals surface area contributed by atoms with Crippen LogP contribution in [0.25, 0.3) is 0 Å². The van der Waals surface area contributed by atoms with Gasteiger partial charge in [0, 0.05) is 18.9 Å². The van der Waals surface area contributed by atoms with Crippen LogP contribution in [-0.2, 0) is 13.1 Å². The molecule has 3 N–H and O–H groups in total. The van der Waals surface area contributed by atoms with E-state index in [1.54, 1.807) is 6.20 Å². The van der Waals surface area contributed by atoms with Crippen LogP contribution in [0, 0.1) is 0 Å². The third kappa shape index (κ3) is 6.14. The van der Waals surface area contributed by atoms with Gasteiger partial charge in [-0.05, 0) is 23.6 Å². The highest BCUT2D eigenvalue weighted by atomic mass is 15.3. The van der Waals surface area contributed by atoms with Crippen molar-refractivity contribution in [3.63, 3.8) is 0 Å². The van der Waals surface area contributed by atoms with Gasteiger partial charge in [0.05, 0.1) is 13.1 Å². The quantitative estimate of drug-likeness (QED) is 0.425. The summed E-state index contributed by atoms with van der Waals surface area (Å²) in [5.74, 6) is 0.524. The molecule has 0 saturated carbocycles. The number of guanidine groups is 1. The highest BCUT2D eigenvalue weighted by molar-refractivity contribution is 5.77. The van der Waals surface area contributed by atoms with Gasteiger partial charge in [0.2, 0.25) is 0 Å². The van der Waals surface area contributed by atoms with Gasteiger partial charge in [-0.15, -0.1) is 0 Å². The maximum absolute atomic E-state index is 5.94. The summed E-state index contributed by atoms with van der Waals surface area (Å²) in [6, 6.07) is 10.2. The maximum Gasteiger partial charge on any atom is 0.188 e. The maximum atomic E-state index is 5.94. The van der Waals surface area contributed by atoms with Crippen molar-refractivity contribution in [2.24, 2.45) is 10.7 Å². The minimum atomic E-state index is 0.524. The van der Waals surface area contributed by atoms with E-state index in [9.17, 15) is 0 Å². The molecule has 0 aliphatic carbocycles. The lowest BCUT2D eigenvalue weighted by molar-refractivity contribution is 0.652. The average molecular weight is 313 g/mol. The molecule has 2 aromatic rings. The van der Waals surface area contributed by atoms with Crippen LogP contribution >= 0.6 is 0 Å². The van der Waals surface area contributed by atoms with E-state index < -0.39 is 0 Å². The van der Waals surface area contributed by atoms with E-state index in [1.165, 1.54) is 30.4 Å². The third-order valence-corrected chi connectivity index (χ3v) is 3.77. The summed E-state index contributed by atoms with van der Waals surface area (Å²) in [5.41, 5.74) is 8.34. The molecule has 2 rings (SSSR count). The second kappa shape index (κ2) is 9.66. The van der Waals surface area contributed by atoms with E-state index in [2.05, 4.69) is 34.5 Å². The summed E-state index contributed by atoms with van der Waals surface area (Å²) in [6.45, 7) is 4.45. The Morgan fingerprint density at radius 3 is 2.74 bits per heavy atom. The number of nitrogens with one attached hydrogen (secondary N) is 1. The van der Waals surface area contributed by atoms with Crippen molar-refractivity contribution in [3.8, 4) is 0 Å². The second-order valence-electron chi connectivity index (χ2n) is 5.66. The molecule has 1 aromatic carbocycles. The first-order chi connectivity index (χ1) is 11.3. The van der Waals surface area contributed by atoms with E-state index in [0.29, 0.717) is 12.5 Å². The Morgan fingerprint density at radius 2 is 2.00 bits per heavy atom. The Hall–Kier alpha value is -2.30. The van der Waals surface area contributed by atoms with Crippen LogP contribution in [0.1, 0.15) is 43.7 Å². The fraction of sp³-hybridized carbons (Fsp3) is 0.444. The van der Waals surface area contributed by atoms with Crippen molar-refractivity contribution in [1.82, 2.24) is 15.1 Å². The zero-order valence-electron chi connectivity index (χ0n) is 13.9. The number of benzene rings is 1. The van der Waals surface area contributed by atoms with E-state index >= 15 is 0 Å². The van der Waals surface area contributed by atoms with Gasteiger partial charge in [-0.2, -0.15) is 5.10 Å². The van der Waals surface area contributed by atoms with Crippen LogP contribution in [0.15, 0.2) is 47.7 Å². The fourth-order valence-electron chi connectivity index (χ4n) is 2.43. The van der Waals surface area contributed by atoms with Gasteiger partial charge >= 0.3 is 0 Å². The first kappa shape index (κ1) is 17.1. The molecule has 0 amide bonds. The van der Waals surface area contributed by atoms with Crippen molar-refractivity contribution in [2.75, 3.05) is 6.54 Å². The Labute approximate surface area is 138 Å². The molecule has 0 aliphatic rings. The predicted molar refractivity (Wildman–Crippen MR) is 95.2 cm³/mol. The number of hydrogen-bond donors (Lipinski definition) is 2. The van der Waals surface area contributed by atoms with E-state index in [4.69, 9.17) is 5.73 Å². The van der Waals surface area contributed by atoms with Crippen LogP contribution in [0.4, 0.5) is 0 Å². The Balaban J connectivity index is 1.85. The van der Waals surface area contributed by atoms with E-state index in [1.807, 2.05) is 29.1 Å². The molecule has 1 heterocycles. The summed E-state index contributed by atoms with van der Waals surface area (Å²) < 4.78 is 1.91. The molecule has 1 aromatic heterocycles. The van der Waals surface area contributed by atoms with Gasteiger partial charge in [-0.1, -0.05) is 50.5 Å². The summed E-state index contributed by atoms with van der Waals surface area (Å²) >= 11 is 0. The van der Waals surface area contributed by atoms with Crippen LogP contribution in [-0.4, -0.2) is 22.3 Å². The van der Waals surface area contributed by atoms with E-state index in [0.717, 1.165) is 19.5 Å². The first-order valence-electron chi connectivity index (χ1n) is 8.37. The smallest absolute Gasteiger partial charge is 0.188 e. The third-order valence-electron chi connectivity index (χ3n) is 3.77. The zero-order chi connectivity index (χ0) is 16.3. The predicted octanol–water partition coefficient (Wildman–Crippen LogP) is 2.92. The summed E-state index contributed by atoms with van der Waals surface area (Å²) in [6.07, 6.45) is 8.66. The van der Waals surface area contributed by atoms with Gasteiger partial charge < -0.3 is 11.1 Å². The Morgan fingerprint density at radius 1 is 1.17 bits per heavy atom. The van der Waals surface area contributed by atoms with Crippen LogP contribution in [0.3, 0.4) is 0 Å². The molecule has 0 spiro atoms. The standard InChI is InChI=1S/C18H27N5/c1-2-3-4-7-11-20-18(19)21-14-16-9-5-6-10-17(16)15-23-13-8-12-22-23/h5-6,8-10,12-13H,2-4,7,11,14-15H2,1H3,(H3,19,20,21). The molecule has 23 heavy (non-hydrogen) atoms. The molecule has 124 valence electrons. The lowest BCUT2D eigenvalue weighted by Crippen LogP contribution is -2.32. The van der Waals surface area contributed by atoms with Gasteiger partial charge in [-0.3, -0.25) is 4.68 Å². The van der Waals surface area contributed by atoms with Crippen molar-refractivity contribution >= 4 is 5.96 Å². The van der Waals surface area contributed by atoms with Crippen molar-refractivity contribution < 1.29 is 0 Å². The lowest BCUT2D eigenvalue weighted by atomic mass is 10.1. The number of rotatable bonds is 9. The van der Waals surface area contributed by atoms with Gasteiger partial charge in [-0.25, -0.2) is 4.99 Å². The average Bonchev–Trinajstić information content (AvgIpc) is 3.07. The number of nitrogens with zero attached hydrogens (tertiary/aromatic N) is 3. The van der Waals surface area contributed by atoms with Crippen molar-refractivity contribution in [2.45, 2.75) is 45.7 Å². The van der Waals surface area contributed by atoms with Crippen molar-refractivity contribution in [1.29, 1.82) is 0 Å². The van der Waals surface area contributed by atoms with E-state index in [-0.39, 0.29) is 0 Å². The van der Waals surface area contributed by atoms with Gasteiger partial charge in [0.1, 0.15) is 0 Å². The molecule has 0 aliphatic heterocycles. The summed E-state index contributed by atoms with van der Waals surface area (Å²) in [5, 5.41) is 7.44. The molecule has 0 atom stereocenters. The molecule has 0 unspecified atom stereocenters. The largest absolute Gasteiger partial charge is 0.370 e. The molecule has 5 heteroatoms. The number of unbranched alkanes of at least 4 members (excludes halogenated alkanes) is 3. The fourth-order valence-corrected chi connectivity index (χ4v) is 2.43. The van der Waals surface area contributed by atoms with Gasteiger partial charge in [0.25, 0.3) is 0 Å². The first-order valence-corrected chi connectivity index (χ1v) is 8.37. The van der Waals surface area contributed by atoms with Crippen molar-refractivity contribution in [3.05, 3.63) is 53.9 Å². The molecular formula is C18H27N5. The monoisotopic (exact) mass is 313 g/mol. The topological polar surface area (TPSA) is 68.2 Å². The highest BCUT2D eigenvalue weighted by Gasteiger charge is 2.02. The Kier molecular flexibility index (Phi) is 7.17. The summed E-state index contributed by atoms with van der Waals surface area (Å²) in [4.78, 5) is 4.46. The minimum absolute atomic E-state index is 0.524. The Bertz CT molecular complexity index is 589. The zero-order valence-corrected chi connectivity index (χ0v) is 13.9. The molecule has 0 radical (unpaired) electrons. The molecule has 0 bridgehead atoms. The highest BCUT2D eigenvalue weighted by Crippen LogP contribution is 2.11. The van der Waals surface area contributed by atoms with Crippen LogP contribution in [0.5, 0.6) is 0 Å². The normalized spacial score (nSPS) is 11.6. The molecule has 0 fully saturated rings. The van der Waals surface area contributed by atoms with Crippen LogP contribution in [0.2, 0.25) is 0 Å².